The van der Waals surface area contributed by atoms with E-state index in [1.165, 1.54) is 0 Å². The van der Waals surface area contributed by atoms with Gasteiger partial charge in [-0.1, -0.05) is 29.8 Å². The molecule has 1 heterocycles. The summed E-state index contributed by atoms with van der Waals surface area (Å²) >= 11 is 0. The molecule has 1 aliphatic rings. The SMILES string of the molecule is COc1ccc(NC(=O)COc2ccc(N3C[C@H](C(=O)NCc4ccc(C)cc4)CC3=O)cc2)cc1. The van der Waals surface area contributed by atoms with Gasteiger partial charge in [-0.05, 0) is 61.0 Å². The molecule has 8 heteroatoms. The number of carbonyl (C=O) groups excluding carboxylic acids is 3. The number of rotatable bonds is 9. The third-order valence-corrected chi connectivity index (χ3v) is 5.98. The summed E-state index contributed by atoms with van der Waals surface area (Å²) < 4.78 is 10.7. The number of nitrogens with zero attached hydrogens (tertiary/aromatic N) is 1. The maximum Gasteiger partial charge on any atom is 0.262 e. The van der Waals surface area contributed by atoms with Gasteiger partial charge in [-0.3, -0.25) is 14.4 Å². The number of anilines is 2. The van der Waals surface area contributed by atoms with Crippen molar-refractivity contribution in [1.82, 2.24) is 5.32 Å². The normalized spacial score (nSPS) is 14.9. The fraction of sp³-hybridized carbons (Fsp3) is 0.250. The van der Waals surface area contributed by atoms with Crippen molar-refractivity contribution in [3.63, 3.8) is 0 Å². The van der Waals surface area contributed by atoms with Crippen LogP contribution in [0.5, 0.6) is 11.5 Å². The van der Waals surface area contributed by atoms with Crippen molar-refractivity contribution >= 4 is 29.1 Å². The summed E-state index contributed by atoms with van der Waals surface area (Å²) in [5.74, 6) is 0.281. The van der Waals surface area contributed by atoms with Crippen LogP contribution in [0.25, 0.3) is 0 Å². The number of hydrogen-bond donors (Lipinski definition) is 2. The Bertz CT molecular complexity index is 1210. The van der Waals surface area contributed by atoms with Gasteiger partial charge in [0.15, 0.2) is 6.61 Å². The number of amides is 3. The number of hydrogen-bond acceptors (Lipinski definition) is 5. The van der Waals surface area contributed by atoms with Crippen LogP contribution >= 0.6 is 0 Å². The van der Waals surface area contributed by atoms with Gasteiger partial charge in [-0.25, -0.2) is 0 Å². The van der Waals surface area contributed by atoms with E-state index in [0.29, 0.717) is 36.0 Å². The van der Waals surface area contributed by atoms with E-state index in [1.54, 1.807) is 60.5 Å². The van der Waals surface area contributed by atoms with Crippen molar-refractivity contribution in [2.24, 2.45) is 5.92 Å². The maximum atomic E-state index is 12.6. The molecule has 8 nitrogen and oxygen atoms in total. The molecule has 1 saturated heterocycles. The summed E-state index contributed by atoms with van der Waals surface area (Å²) in [4.78, 5) is 39.0. The number of methoxy groups -OCH3 is 1. The Morgan fingerprint density at radius 2 is 1.61 bits per heavy atom. The summed E-state index contributed by atoms with van der Waals surface area (Å²) in [6, 6.07) is 21.9. The van der Waals surface area contributed by atoms with Crippen molar-refractivity contribution < 1.29 is 23.9 Å². The number of aryl methyl sites for hydroxylation is 1. The summed E-state index contributed by atoms with van der Waals surface area (Å²) in [5.41, 5.74) is 3.51. The predicted octanol–water partition coefficient (Wildman–Crippen LogP) is 3.69. The molecule has 3 amide bonds. The Hall–Kier alpha value is -4.33. The van der Waals surface area contributed by atoms with Gasteiger partial charge in [0.05, 0.1) is 13.0 Å². The molecule has 1 atom stereocenters. The Kier molecular flexibility index (Phi) is 7.85. The van der Waals surface area contributed by atoms with Crippen LogP contribution in [0.2, 0.25) is 0 Å². The Morgan fingerprint density at radius 1 is 0.944 bits per heavy atom. The second-order valence-electron chi connectivity index (χ2n) is 8.67. The molecule has 186 valence electrons. The molecule has 0 unspecified atom stereocenters. The highest BCUT2D eigenvalue weighted by molar-refractivity contribution is 6.00. The first-order valence-electron chi connectivity index (χ1n) is 11.7. The van der Waals surface area contributed by atoms with Crippen LogP contribution in [-0.2, 0) is 20.9 Å². The van der Waals surface area contributed by atoms with Gasteiger partial charge >= 0.3 is 0 Å². The van der Waals surface area contributed by atoms with Crippen LogP contribution in [0.15, 0.2) is 72.8 Å². The minimum Gasteiger partial charge on any atom is -0.497 e. The standard InChI is InChI=1S/C28H29N3O5/c1-19-3-5-20(6-4-19)16-29-28(34)21-15-27(33)31(17-21)23-9-13-25(14-10-23)36-18-26(32)30-22-7-11-24(35-2)12-8-22/h3-14,21H,15-18H2,1-2H3,(H,29,34)(H,30,32)/t21-/m1/s1. The van der Waals surface area contributed by atoms with Crippen LogP contribution in [-0.4, -0.2) is 38.0 Å². The molecular formula is C28H29N3O5. The number of carbonyl (C=O) groups is 3. The average molecular weight is 488 g/mol. The Labute approximate surface area is 210 Å². The highest BCUT2D eigenvalue weighted by Crippen LogP contribution is 2.27. The molecule has 3 aromatic rings. The topological polar surface area (TPSA) is 97.0 Å². The third-order valence-electron chi connectivity index (χ3n) is 5.98. The molecule has 0 saturated carbocycles. The molecule has 1 fully saturated rings. The van der Waals surface area contributed by atoms with Gasteiger partial charge in [0.1, 0.15) is 11.5 Å². The first kappa shape index (κ1) is 24.8. The lowest BCUT2D eigenvalue weighted by Gasteiger charge is -2.17. The lowest BCUT2D eigenvalue weighted by atomic mass is 10.1. The molecular weight excluding hydrogens is 458 g/mol. The molecule has 2 N–H and O–H groups in total. The fourth-order valence-electron chi connectivity index (χ4n) is 3.91. The third kappa shape index (κ3) is 6.41. The molecule has 0 spiro atoms. The van der Waals surface area contributed by atoms with Gasteiger partial charge < -0.3 is 25.0 Å². The molecule has 0 aromatic heterocycles. The molecule has 0 aliphatic carbocycles. The lowest BCUT2D eigenvalue weighted by Crippen LogP contribution is -2.32. The zero-order valence-corrected chi connectivity index (χ0v) is 20.3. The van der Waals surface area contributed by atoms with Crippen molar-refractivity contribution in [1.29, 1.82) is 0 Å². The quantitative estimate of drug-likeness (QED) is 0.480. The summed E-state index contributed by atoms with van der Waals surface area (Å²) in [6.45, 7) is 2.61. The summed E-state index contributed by atoms with van der Waals surface area (Å²) in [5, 5.41) is 5.68. The van der Waals surface area contributed by atoms with Crippen LogP contribution in [0.3, 0.4) is 0 Å². The van der Waals surface area contributed by atoms with E-state index in [-0.39, 0.29) is 30.7 Å². The van der Waals surface area contributed by atoms with Crippen LogP contribution in [0.1, 0.15) is 17.5 Å². The highest BCUT2D eigenvalue weighted by Gasteiger charge is 2.35. The predicted molar refractivity (Wildman–Crippen MR) is 137 cm³/mol. The van der Waals surface area contributed by atoms with Crippen molar-refractivity contribution in [3.05, 3.63) is 83.9 Å². The second-order valence-corrected chi connectivity index (χ2v) is 8.67. The van der Waals surface area contributed by atoms with E-state index in [4.69, 9.17) is 9.47 Å². The number of nitrogens with one attached hydrogen (secondary N) is 2. The highest BCUT2D eigenvalue weighted by atomic mass is 16.5. The largest absolute Gasteiger partial charge is 0.497 e. The van der Waals surface area contributed by atoms with Crippen molar-refractivity contribution in [3.8, 4) is 11.5 Å². The monoisotopic (exact) mass is 487 g/mol. The zero-order chi connectivity index (χ0) is 25.5. The van der Waals surface area contributed by atoms with Crippen LogP contribution in [0, 0.1) is 12.8 Å². The average Bonchev–Trinajstić information content (AvgIpc) is 3.29. The molecule has 36 heavy (non-hydrogen) atoms. The molecule has 1 aliphatic heterocycles. The molecule has 0 bridgehead atoms. The van der Waals surface area contributed by atoms with Gasteiger partial charge in [-0.15, -0.1) is 0 Å². The smallest absolute Gasteiger partial charge is 0.262 e. The first-order chi connectivity index (χ1) is 17.4. The van der Waals surface area contributed by atoms with Gasteiger partial charge in [0.2, 0.25) is 11.8 Å². The van der Waals surface area contributed by atoms with Crippen molar-refractivity contribution in [2.75, 3.05) is 30.5 Å². The van der Waals surface area contributed by atoms with E-state index >= 15 is 0 Å². The van der Waals surface area contributed by atoms with Gasteiger partial charge in [-0.2, -0.15) is 0 Å². The van der Waals surface area contributed by atoms with Crippen LogP contribution in [0.4, 0.5) is 11.4 Å². The van der Waals surface area contributed by atoms with E-state index in [1.807, 2.05) is 31.2 Å². The number of ether oxygens (including phenoxy) is 2. The zero-order valence-electron chi connectivity index (χ0n) is 20.3. The van der Waals surface area contributed by atoms with Gasteiger partial charge in [0.25, 0.3) is 5.91 Å². The summed E-state index contributed by atoms with van der Waals surface area (Å²) in [7, 11) is 1.58. The minimum absolute atomic E-state index is 0.0991. The van der Waals surface area contributed by atoms with Gasteiger partial charge in [0, 0.05) is 30.9 Å². The Morgan fingerprint density at radius 3 is 2.28 bits per heavy atom. The minimum atomic E-state index is -0.402. The maximum absolute atomic E-state index is 12.6. The van der Waals surface area contributed by atoms with E-state index in [0.717, 1.165) is 11.1 Å². The van der Waals surface area contributed by atoms with Crippen molar-refractivity contribution in [2.45, 2.75) is 19.9 Å². The molecule has 4 rings (SSSR count). The number of benzene rings is 3. The lowest BCUT2D eigenvalue weighted by molar-refractivity contribution is -0.126. The second kappa shape index (κ2) is 11.4. The summed E-state index contributed by atoms with van der Waals surface area (Å²) in [6.07, 6.45) is 0.170. The van der Waals surface area contributed by atoms with E-state index in [9.17, 15) is 14.4 Å². The molecule has 3 aromatic carbocycles. The first-order valence-corrected chi connectivity index (χ1v) is 11.7. The Balaban J connectivity index is 1.25. The van der Waals surface area contributed by atoms with E-state index in [2.05, 4.69) is 10.6 Å². The fourth-order valence-corrected chi connectivity index (χ4v) is 3.91. The molecule has 0 radical (unpaired) electrons. The van der Waals surface area contributed by atoms with Crippen LogP contribution < -0.4 is 25.0 Å². The van der Waals surface area contributed by atoms with E-state index < -0.39 is 5.92 Å².